The molecule has 0 aliphatic rings. The summed E-state index contributed by atoms with van der Waals surface area (Å²) in [6.07, 6.45) is 0. The van der Waals surface area contributed by atoms with Crippen molar-refractivity contribution in [2.45, 2.75) is 33.4 Å². The lowest BCUT2D eigenvalue weighted by Gasteiger charge is -2.34. The summed E-state index contributed by atoms with van der Waals surface area (Å²) in [6, 6.07) is 0.0606. The summed E-state index contributed by atoms with van der Waals surface area (Å²) in [5.41, 5.74) is 5.95. The highest BCUT2D eigenvalue weighted by atomic mass is 35.5. The molecule has 5 nitrogen and oxygen atoms in total. The van der Waals surface area contributed by atoms with Crippen molar-refractivity contribution < 1.29 is 4.79 Å². The van der Waals surface area contributed by atoms with Gasteiger partial charge in [0.05, 0.1) is 0 Å². The molecule has 124 valence electrons. The summed E-state index contributed by atoms with van der Waals surface area (Å²) < 4.78 is 0. The Balaban J connectivity index is 0. The van der Waals surface area contributed by atoms with Crippen LogP contribution in [-0.4, -0.2) is 42.5 Å². The van der Waals surface area contributed by atoms with Crippen LogP contribution in [0.5, 0.6) is 0 Å². The second kappa shape index (κ2) is 9.58. The first-order valence-electron chi connectivity index (χ1n) is 6.36. The van der Waals surface area contributed by atoms with E-state index < -0.39 is 0 Å². The van der Waals surface area contributed by atoms with E-state index in [1.807, 2.05) is 21.0 Å². The molecule has 1 amide bonds. The van der Waals surface area contributed by atoms with E-state index in [0.717, 1.165) is 11.6 Å². The maximum atomic E-state index is 12.1. The van der Waals surface area contributed by atoms with Gasteiger partial charge in [0.2, 0.25) is 0 Å². The monoisotopic (exact) mass is 356 g/mol. The highest BCUT2D eigenvalue weighted by molar-refractivity contribution is 7.09. The number of nitrogens with two attached hydrogens (primary N) is 1. The Morgan fingerprint density at radius 1 is 1.48 bits per heavy atom. The predicted octanol–water partition coefficient (Wildman–Crippen LogP) is 2.15. The molecule has 0 fully saturated rings. The van der Waals surface area contributed by atoms with E-state index in [0.29, 0.717) is 12.2 Å². The Morgan fingerprint density at radius 3 is 2.48 bits per heavy atom. The van der Waals surface area contributed by atoms with Crippen LogP contribution in [0.2, 0.25) is 0 Å². The molecule has 0 aromatic carbocycles. The molecule has 1 aromatic rings. The number of thiazole rings is 1. The smallest absolute Gasteiger partial charge is 0.270 e. The minimum absolute atomic E-state index is 0. The Bertz CT molecular complexity index is 438. The number of nitrogens with one attached hydrogen (secondary N) is 1. The molecule has 0 saturated carbocycles. The summed E-state index contributed by atoms with van der Waals surface area (Å²) in [6.45, 7) is 7.59. The normalized spacial score (nSPS) is 12.3. The molecule has 1 heterocycles. The summed E-state index contributed by atoms with van der Waals surface area (Å²) in [5, 5.41) is 5.55. The predicted molar refractivity (Wildman–Crippen MR) is 93.8 cm³/mol. The number of nitrogens with zero attached hydrogens (tertiary/aromatic N) is 2. The molecule has 1 rings (SSSR count). The van der Waals surface area contributed by atoms with Crippen molar-refractivity contribution in [3.05, 3.63) is 16.1 Å². The third-order valence-electron chi connectivity index (χ3n) is 3.20. The van der Waals surface area contributed by atoms with Gasteiger partial charge in [-0.25, -0.2) is 4.98 Å². The lowest BCUT2D eigenvalue weighted by Crippen LogP contribution is -2.47. The van der Waals surface area contributed by atoms with E-state index in [-0.39, 0.29) is 42.2 Å². The van der Waals surface area contributed by atoms with E-state index in [2.05, 4.69) is 29.0 Å². The Kier molecular flexibility index (Phi) is 10.4. The zero-order chi connectivity index (χ0) is 14.6. The fraction of sp³-hybridized carbons (Fsp3) is 0.692. The average Bonchev–Trinajstić information content (AvgIpc) is 2.75. The fourth-order valence-corrected chi connectivity index (χ4v) is 2.58. The van der Waals surface area contributed by atoms with Crippen molar-refractivity contribution >= 4 is 42.1 Å². The maximum Gasteiger partial charge on any atom is 0.270 e. The van der Waals surface area contributed by atoms with Crippen molar-refractivity contribution in [1.29, 1.82) is 0 Å². The second-order valence-corrected chi connectivity index (χ2v) is 6.69. The Morgan fingerprint density at radius 2 is 2.05 bits per heavy atom. The van der Waals surface area contributed by atoms with Gasteiger partial charge in [-0.2, -0.15) is 0 Å². The highest BCUT2D eigenvalue weighted by Crippen LogP contribution is 2.21. The molecule has 1 atom stereocenters. The van der Waals surface area contributed by atoms with Gasteiger partial charge < -0.3 is 16.0 Å². The lowest BCUT2D eigenvalue weighted by atomic mass is 9.85. The van der Waals surface area contributed by atoms with Gasteiger partial charge in [0.25, 0.3) is 5.91 Å². The van der Waals surface area contributed by atoms with Crippen LogP contribution < -0.4 is 11.1 Å². The van der Waals surface area contributed by atoms with Crippen LogP contribution in [0.4, 0.5) is 0 Å². The number of carbonyl (C=O) groups excluding carboxylic acids is 1. The maximum absolute atomic E-state index is 12.1. The number of carbonyl (C=O) groups is 1. The third kappa shape index (κ3) is 6.93. The van der Waals surface area contributed by atoms with Gasteiger partial charge in [0.1, 0.15) is 10.7 Å². The fourth-order valence-electron chi connectivity index (χ4n) is 1.93. The van der Waals surface area contributed by atoms with Crippen molar-refractivity contribution in [3.8, 4) is 0 Å². The quantitative estimate of drug-likeness (QED) is 0.818. The van der Waals surface area contributed by atoms with Gasteiger partial charge >= 0.3 is 0 Å². The first-order chi connectivity index (χ1) is 8.76. The van der Waals surface area contributed by atoms with Crippen LogP contribution in [-0.2, 0) is 6.54 Å². The summed E-state index contributed by atoms with van der Waals surface area (Å²) >= 11 is 1.42. The second-order valence-electron chi connectivity index (χ2n) is 5.75. The van der Waals surface area contributed by atoms with Crippen molar-refractivity contribution in [3.63, 3.8) is 0 Å². The van der Waals surface area contributed by atoms with Gasteiger partial charge in [-0.1, -0.05) is 13.8 Å². The molecule has 0 aliphatic heterocycles. The zero-order valence-corrected chi connectivity index (χ0v) is 15.6. The van der Waals surface area contributed by atoms with Gasteiger partial charge in [0.15, 0.2) is 0 Å². The molecule has 1 aromatic heterocycles. The zero-order valence-electron chi connectivity index (χ0n) is 13.2. The van der Waals surface area contributed by atoms with Crippen LogP contribution in [0.3, 0.4) is 0 Å². The third-order valence-corrected chi connectivity index (χ3v) is 4.07. The number of halogens is 2. The van der Waals surface area contributed by atoms with E-state index in [9.17, 15) is 4.79 Å². The van der Waals surface area contributed by atoms with E-state index in [1.54, 1.807) is 5.38 Å². The van der Waals surface area contributed by atoms with Crippen LogP contribution in [0.25, 0.3) is 0 Å². The van der Waals surface area contributed by atoms with Crippen molar-refractivity contribution in [1.82, 2.24) is 15.2 Å². The van der Waals surface area contributed by atoms with Crippen molar-refractivity contribution in [2.75, 3.05) is 20.6 Å². The molecule has 0 spiro atoms. The Labute approximate surface area is 143 Å². The SMILES string of the molecule is CC(NC(=O)c1csc(CN)n1)C(C)(C)CN(C)C.Cl.Cl. The number of hydrogen-bond donors (Lipinski definition) is 2. The molecule has 0 aliphatic carbocycles. The molecule has 8 heteroatoms. The van der Waals surface area contributed by atoms with Gasteiger partial charge in [-0.15, -0.1) is 36.2 Å². The minimum Gasteiger partial charge on any atom is -0.348 e. The first kappa shape index (κ1) is 22.9. The molecule has 1 unspecified atom stereocenters. The van der Waals surface area contributed by atoms with E-state index in [4.69, 9.17) is 5.73 Å². The minimum atomic E-state index is -0.129. The molecule has 21 heavy (non-hydrogen) atoms. The topological polar surface area (TPSA) is 71.2 Å². The van der Waals surface area contributed by atoms with Crippen LogP contribution in [0.1, 0.15) is 36.3 Å². The largest absolute Gasteiger partial charge is 0.348 e. The molecular formula is C13H26Cl2N4OS. The van der Waals surface area contributed by atoms with Crippen molar-refractivity contribution in [2.24, 2.45) is 11.1 Å². The van der Waals surface area contributed by atoms with E-state index >= 15 is 0 Å². The van der Waals surface area contributed by atoms with Crippen LogP contribution >= 0.6 is 36.2 Å². The number of aromatic nitrogens is 1. The summed E-state index contributed by atoms with van der Waals surface area (Å²) in [5.74, 6) is -0.129. The first-order valence-corrected chi connectivity index (χ1v) is 7.24. The van der Waals surface area contributed by atoms with Gasteiger partial charge in [-0.05, 0) is 26.4 Å². The van der Waals surface area contributed by atoms with Crippen LogP contribution in [0.15, 0.2) is 5.38 Å². The number of hydrogen-bond acceptors (Lipinski definition) is 5. The molecule has 0 saturated heterocycles. The Hall–Kier alpha value is -0.400. The van der Waals surface area contributed by atoms with Gasteiger partial charge in [0, 0.05) is 24.5 Å². The lowest BCUT2D eigenvalue weighted by molar-refractivity contribution is 0.0881. The highest BCUT2D eigenvalue weighted by Gasteiger charge is 2.28. The van der Waals surface area contributed by atoms with Crippen LogP contribution in [0, 0.1) is 5.41 Å². The molecule has 0 bridgehead atoms. The molecule has 3 N–H and O–H groups in total. The molecule has 0 radical (unpaired) electrons. The summed E-state index contributed by atoms with van der Waals surface area (Å²) in [4.78, 5) is 18.4. The van der Waals surface area contributed by atoms with E-state index in [1.165, 1.54) is 11.3 Å². The number of amides is 1. The average molecular weight is 357 g/mol. The standard InChI is InChI=1S/C13H24N4OS.2ClH/c1-9(13(2,3)8-17(4)5)15-12(18)10-7-19-11(6-14)16-10;;/h7,9H,6,8,14H2,1-5H3,(H,15,18);2*1H. The molecular weight excluding hydrogens is 331 g/mol. The number of rotatable bonds is 6. The van der Waals surface area contributed by atoms with Gasteiger partial charge in [-0.3, -0.25) is 4.79 Å². The summed E-state index contributed by atoms with van der Waals surface area (Å²) in [7, 11) is 4.06.